The van der Waals surface area contributed by atoms with Crippen LogP contribution in [0.3, 0.4) is 0 Å². The Morgan fingerprint density at radius 2 is 1.86 bits per heavy atom. The normalized spacial score (nSPS) is 14.8. The van der Waals surface area contributed by atoms with Gasteiger partial charge in [0.15, 0.2) is 0 Å². The van der Waals surface area contributed by atoms with E-state index in [0.717, 1.165) is 4.34 Å². The van der Waals surface area contributed by atoms with E-state index in [9.17, 15) is 0 Å². The van der Waals surface area contributed by atoms with Gasteiger partial charge in [0.25, 0.3) is 0 Å². The van der Waals surface area contributed by atoms with Gasteiger partial charge in [0.2, 0.25) is 0 Å². The Kier molecular flexibility index (Phi) is 3.26. The predicted molar refractivity (Wildman–Crippen MR) is 91.6 cm³/mol. The summed E-state index contributed by atoms with van der Waals surface area (Å²) in [5, 5.41) is 6.30. The van der Waals surface area contributed by atoms with Gasteiger partial charge in [0.1, 0.15) is 0 Å². The first-order valence-corrected chi connectivity index (χ1v) is 8.43. The van der Waals surface area contributed by atoms with Crippen LogP contribution in [-0.2, 0) is 12.8 Å². The van der Waals surface area contributed by atoms with Crippen LogP contribution in [0, 0.1) is 0 Å². The average molecular weight is 314 g/mol. The zero-order valence-electron chi connectivity index (χ0n) is 11.8. The monoisotopic (exact) mass is 313 g/mol. The number of benzene rings is 2. The molecule has 1 aliphatic rings. The van der Waals surface area contributed by atoms with Crippen molar-refractivity contribution in [2.24, 2.45) is 0 Å². The van der Waals surface area contributed by atoms with Gasteiger partial charge in [-0.3, -0.25) is 0 Å². The third-order valence-electron chi connectivity index (χ3n) is 4.39. The third-order valence-corrected chi connectivity index (χ3v) is 5.68. The lowest BCUT2D eigenvalue weighted by molar-refractivity contribution is 0.709. The quantitative estimate of drug-likeness (QED) is 0.720. The molecule has 1 heterocycles. The molecule has 0 bridgehead atoms. The fourth-order valence-corrected chi connectivity index (χ4v) is 4.65. The molecule has 1 unspecified atom stereocenters. The van der Waals surface area contributed by atoms with Crippen LogP contribution in [0.25, 0.3) is 10.8 Å². The van der Waals surface area contributed by atoms with E-state index in [0.29, 0.717) is 0 Å². The topological polar surface area (TPSA) is 12.0 Å². The number of rotatable bonds is 3. The van der Waals surface area contributed by atoms with Gasteiger partial charge in [0, 0.05) is 4.88 Å². The predicted octanol–water partition coefficient (Wildman–Crippen LogP) is 4.96. The molecule has 21 heavy (non-hydrogen) atoms. The van der Waals surface area contributed by atoms with Crippen LogP contribution < -0.4 is 5.32 Å². The van der Waals surface area contributed by atoms with E-state index in [1.165, 1.54) is 45.2 Å². The van der Waals surface area contributed by atoms with Crippen LogP contribution in [0.4, 0.5) is 0 Å². The number of thiophene rings is 1. The van der Waals surface area contributed by atoms with E-state index in [4.69, 9.17) is 11.6 Å². The third kappa shape index (κ3) is 2.10. The van der Waals surface area contributed by atoms with Crippen molar-refractivity contribution in [3.8, 4) is 0 Å². The summed E-state index contributed by atoms with van der Waals surface area (Å²) in [6, 6.07) is 15.6. The molecular weight excluding hydrogens is 298 g/mol. The summed E-state index contributed by atoms with van der Waals surface area (Å²) in [6.45, 7) is 0. The number of hydrogen-bond donors (Lipinski definition) is 1. The fraction of sp³-hybridized carbons (Fsp3) is 0.222. The van der Waals surface area contributed by atoms with Crippen molar-refractivity contribution in [1.82, 2.24) is 5.32 Å². The van der Waals surface area contributed by atoms with E-state index in [1.54, 1.807) is 11.3 Å². The lowest BCUT2D eigenvalue weighted by Gasteiger charge is -2.18. The highest BCUT2D eigenvalue weighted by Crippen LogP contribution is 2.38. The zero-order valence-corrected chi connectivity index (χ0v) is 13.4. The van der Waals surface area contributed by atoms with Gasteiger partial charge in [-0.25, -0.2) is 0 Å². The van der Waals surface area contributed by atoms with Crippen molar-refractivity contribution in [2.45, 2.75) is 18.9 Å². The lowest BCUT2D eigenvalue weighted by atomic mass is 9.95. The summed E-state index contributed by atoms with van der Waals surface area (Å²) in [5.41, 5.74) is 4.32. The second kappa shape index (κ2) is 5.13. The highest BCUT2D eigenvalue weighted by atomic mass is 35.5. The van der Waals surface area contributed by atoms with Gasteiger partial charge < -0.3 is 5.32 Å². The van der Waals surface area contributed by atoms with Gasteiger partial charge >= 0.3 is 0 Å². The molecule has 0 spiro atoms. The SMILES string of the molecule is CNC(c1ccc(Cl)s1)c1ccc2c3c(cccc13)CC2. The van der Waals surface area contributed by atoms with E-state index in [2.05, 4.69) is 41.7 Å². The first kappa shape index (κ1) is 13.3. The molecule has 0 radical (unpaired) electrons. The minimum Gasteiger partial charge on any atom is -0.309 e. The van der Waals surface area contributed by atoms with E-state index >= 15 is 0 Å². The Bertz CT molecular complexity index is 811. The van der Waals surface area contributed by atoms with E-state index in [-0.39, 0.29) is 6.04 Å². The zero-order chi connectivity index (χ0) is 14.4. The number of hydrogen-bond acceptors (Lipinski definition) is 2. The molecule has 0 amide bonds. The molecule has 1 nitrogen and oxygen atoms in total. The highest BCUT2D eigenvalue weighted by molar-refractivity contribution is 7.16. The Balaban J connectivity index is 1.94. The molecular formula is C18H16ClNS. The Morgan fingerprint density at radius 3 is 2.57 bits per heavy atom. The molecule has 0 saturated carbocycles. The Labute approximate surface area is 133 Å². The van der Waals surface area contributed by atoms with E-state index in [1.807, 2.05) is 13.1 Å². The molecule has 0 saturated heterocycles. The van der Waals surface area contributed by atoms with Gasteiger partial charge in [-0.05, 0) is 59.5 Å². The maximum absolute atomic E-state index is 6.12. The number of aryl methyl sites for hydroxylation is 2. The molecule has 2 aromatic carbocycles. The van der Waals surface area contributed by atoms with Crippen LogP contribution >= 0.6 is 22.9 Å². The van der Waals surface area contributed by atoms with Crippen LogP contribution in [0.1, 0.15) is 27.6 Å². The van der Waals surface area contributed by atoms with Crippen molar-refractivity contribution < 1.29 is 0 Å². The summed E-state index contributed by atoms with van der Waals surface area (Å²) < 4.78 is 0.844. The highest BCUT2D eigenvalue weighted by Gasteiger charge is 2.21. The molecule has 0 aliphatic heterocycles. The van der Waals surface area contributed by atoms with Crippen molar-refractivity contribution in [3.05, 3.63) is 68.4 Å². The molecule has 4 rings (SSSR count). The second-order valence-electron chi connectivity index (χ2n) is 5.52. The summed E-state index contributed by atoms with van der Waals surface area (Å²) >= 11 is 7.77. The summed E-state index contributed by atoms with van der Waals surface area (Å²) in [6.07, 6.45) is 2.34. The first-order valence-electron chi connectivity index (χ1n) is 7.24. The standard InChI is InChI=1S/C18H16ClNS/c1-20-18(15-9-10-16(19)21-15)14-8-7-12-6-5-11-3-2-4-13(14)17(11)12/h2-4,7-10,18,20H,5-6H2,1H3. The van der Waals surface area contributed by atoms with Crippen molar-refractivity contribution in [2.75, 3.05) is 7.05 Å². The van der Waals surface area contributed by atoms with Crippen molar-refractivity contribution >= 4 is 33.7 Å². The molecule has 1 aliphatic carbocycles. The van der Waals surface area contributed by atoms with E-state index < -0.39 is 0 Å². The molecule has 3 heteroatoms. The number of nitrogens with one attached hydrogen (secondary N) is 1. The molecule has 106 valence electrons. The minimum atomic E-state index is 0.201. The largest absolute Gasteiger partial charge is 0.309 e. The second-order valence-corrected chi connectivity index (χ2v) is 7.26. The van der Waals surface area contributed by atoms with Crippen LogP contribution in [0.2, 0.25) is 4.34 Å². The molecule has 1 atom stereocenters. The van der Waals surface area contributed by atoms with Gasteiger partial charge in [-0.1, -0.05) is 41.9 Å². The smallest absolute Gasteiger partial charge is 0.0931 e. The van der Waals surface area contributed by atoms with Gasteiger partial charge in [0.05, 0.1) is 10.4 Å². The van der Waals surface area contributed by atoms with Crippen molar-refractivity contribution in [3.63, 3.8) is 0 Å². The molecule has 1 aromatic heterocycles. The average Bonchev–Trinajstić information content (AvgIpc) is 3.10. The maximum atomic E-state index is 6.12. The van der Waals surface area contributed by atoms with Crippen LogP contribution in [0.15, 0.2) is 42.5 Å². The Morgan fingerprint density at radius 1 is 1.05 bits per heavy atom. The van der Waals surface area contributed by atoms with Crippen LogP contribution in [0.5, 0.6) is 0 Å². The summed E-state index contributed by atoms with van der Waals surface area (Å²) in [5.74, 6) is 0. The first-order chi connectivity index (χ1) is 10.3. The lowest BCUT2D eigenvalue weighted by Crippen LogP contribution is -2.16. The van der Waals surface area contributed by atoms with Crippen LogP contribution in [-0.4, -0.2) is 7.05 Å². The minimum absolute atomic E-state index is 0.201. The maximum Gasteiger partial charge on any atom is 0.0931 e. The fourth-order valence-electron chi connectivity index (χ4n) is 3.46. The summed E-state index contributed by atoms with van der Waals surface area (Å²) in [4.78, 5) is 1.27. The Hall–Kier alpha value is -1.35. The number of halogens is 1. The molecule has 0 fully saturated rings. The van der Waals surface area contributed by atoms with Gasteiger partial charge in [-0.2, -0.15) is 0 Å². The summed E-state index contributed by atoms with van der Waals surface area (Å²) in [7, 11) is 2.02. The molecule has 1 N–H and O–H groups in total. The van der Waals surface area contributed by atoms with Gasteiger partial charge in [-0.15, -0.1) is 11.3 Å². The van der Waals surface area contributed by atoms with Crippen molar-refractivity contribution in [1.29, 1.82) is 0 Å². The molecule has 3 aromatic rings.